The first-order valence-corrected chi connectivity index (χ1v) is 9.11. The van der Waals surface area contributed by atoms with Crippen LogP contribution < -0.4 is 14.8 Å². The van der Waals surface area contributed by atoms with E-state index in [-0.39, 0.29) is 16.4 Å². The molecule has 0 aliphatic carbocycles. The van der Waals surface area contributed by atoms with Gasteiger partial charge >= 0.3 is 0 Å². The van der Waals surface area contributed by atoms with Gasteiger partial charge in [-0.15, -0.1) is 0 Å². The molecule has 0 spiro atoms. The highest BCUT2D eigenvalue weighted by atomic mass is 32.2. The molecule has 1 aromatic heterocycles. The van der Waals surface area contributed by atoms with Gasteiger partial charge in [0.05, 0.1) is 17.7 Å². The minimum atomic E-state index is -3.81. The first-order valence-electron chi connectivity index (χ1n) is 7.62. The van der Waals surface area contributed by atoms with E-state index in [4.69, 9.17) is 4.74 Å². The van der Waals surface area contributed by atoms with Crippen LogP contribution in [0, 0.1) is 5.82 Å². The number of nitrogens with zero attached hydrogens (tertiary/aromatic N) is 1. The molecular formula is C18H16FN3O3S. The summed E-state index contributed by atoms with van der Waals surface area (Å²) < 4.78 is 45.7. The van der Waals surface area contributed by atoms with Crippen molar-refractivity contribution in [1.29, 1.82) is 0 Å². The van der Waals surface area contributed by atoms with Crippen molar-refractivity contribution in [1.82, 2.24) is 4.98 Å². The third-order valence-electron chi connectivity index (χ3n) is 3.53. The van der Waals surface area contributed by atoms with E-state index in [9.17, 15) is 12.8 Å². The Labute approximate surface area is 150 Å². The maximum atomic E-state index is 13.0. The molecule has 1 heterocycles. The van der Waals surface area contributed by atoms with E-state index in [0.717, 1.165) is 0 Å². The van der Waals surface area contributed by atoms with Gasteiger partial charge < -0.3 is 10.1 Å². The molecule has 6 nitrogen and oxygen atoms in total. The molecule has 134 valence electrons. The smallest absolute Gasteiger partial charge is 0.262 e. The second-order valence-electron chi connectivity index (χ2n) is 5.31. The molecule has 8 heteroatoms. The second-order valence-corrected chi connectivity index (χ2v) is 6.99. The number of rotatable bonds is 6. The van der Waals surface area contributed by atoms with Crippen LogP contribution in [0.2, 0.25) is 0 Å². The molecule has 0 fully saturated rings. The lowest BCUT2D eigenvalue weighted by atomic mass is 10.3. The maximum absolute atomic E-state index is 13.0. The van der Waals surface area contributed by atoms with Crippen molar-refractivity contribution >= 4 is 27.2 Å². The molecule has 3 aromatic rings. The van der Waals surface area contributed by atoms with Crippen LogP contribution in [0.4, 0.5) is 21.6 Å². The van der Waals surface area contributed by atoms with Crippen molar-refractivity contribution in [2.75, 3.05) is 17.1 Å². The summed E-state index contributed by atoms with van der Waals surface area (Å²) >= 11 is 0. The standard InChI is InChI=1S/C18H16FN3O3S/c1-25-15-8-10-16(11-9-15)26(23,24)22-17-3-2-12-20-18(17)21-14-6-4-13(19)5-7-14/h2-12,22H,1H3,(H,20,21). The fourth-order valence-electron chi connectivity index (χ4n) is 2.22. The average molecular weight is 373 g/mol. The predicted octanol–water partition coefficient (Wildman–Crippen LogP) is 3.77. The Balaban J connectivity index is 1.86. The van der Waals surface area contributed by atoms with E-state index in [1.165, 1.54) is 49.7 Å². The summed E-state index contributed by atoms with van der Waals surface area (Å²) in [5.74, 6) is 0.497. The van der Waals surface area contributed by atoms with Crippen molar-refractivity contribution < 1.29 is 17.5 Å². The van der Waals surface area contributed by atoms with Gasteiger partial charge in [-0.1, -0.05) is 0 Å². The maximum Gasteiger partial charge on any atom is 0.262 e. The van der Waals surface area contributed by atoms with E-state index in [1.807, 2.05) is 0 Å². The van der Waals surface area contributed by atoms with Crippen molar-refractivity contribution in [3.05, 3.63) is 72.7 Å². The molecule has 3 rings (SSSR count). The Morgan fingerprint density at radius 1 is 1.00 bits per heavy atom. The van der Waals surface area contributed by atoms with Gasteiger partial charge in [-0.25, -0.2) is 17.8 Å². The minimum Gasteiger partial charge on any atom is -0.497 e. The van der Waals surface area contributed by atoms with E-state index in [0.29, 0.717) is 17.3 Å². The van der Waals surface area contributed by atoms with Gasteiger partial charge in [0.1, 0.15) is 11.6 Å². The van der Waals surface area contributed by atoms with Crippen LogP contribution in [-0.2, 0) is 10.0 Å². The van der Waals surface area contributed by atoms with Crippen LogP contribution in [0.5, 0.6) is 5.75 Å². The molecule has 0 saturated carbocycles. The number of benzene rings is 2. The lowest BCUT2D eigenvalue weighted by molar-refractivity contribution is 0.414. The summed E-state index contributed by atoms with van der Waals surface area (Å²) in [5.41, 5.74) is 0.850. The van der Waals surface area contributed by atoms with E-state index < -0.39 is 10.0 Å². The number of hydrogen-bond donors (Lipinski definition) is 2. The van der Waals surface area contributed by atoms with Crippen molar-refractivity contribution in [3.63, 3.8) is 0 Å². The summed E-state index contributed by atoms with van der Waals surface area (Å²) in [4.78, 5) is 4.24. The van der Waals surface area contributed by atoms with Crippen LogP contribution in [0.1, 0.15) is 0 Å². The molecule has 0 saturated heterocycles. The van der Waals surface area contributed by atoms with E-state index in [2.05, 4.69) is 15.0 Å². The molecule has 26 heavy (non-hydrogen) atoms. The summed E-state index contributed by atoms with van der Waals surface area (Å²) in [5, 5.41) is 2.97. The molecule has 0 radical (unpaired) electrons. The number of pyridine rings is 1. The Bertz CT molecular complexity index is 991. The second kappa shape index (κ2) is 7.40. The SMILES string of the molecule is COc1ccc(S(=O)(=O)Nc2cccnc2Nc2ccc(F)cc2)cc1. The van der Waals surface area contributed by atoms with Crippen molar-refractivity contribution in [2.45, 2.75) is 4.90 Å². The zero-order valence-corrected chi connectivity index (χ0v) is 14.6. The Morgan fingerprint density at radius 3 is 2.35 bits per heavy atom. The number of ether oxygens (including phenoxy) is 1. The first-order chi connectivity index (χ1) is 12.5. The van der Waals surface area contributed by atoms with Crippen LogP contribution in [0.25, 0.3) is 0 Å². The first kappa shape index (κ1) is 17.7. The van der Waals surface area contributed by atoms with Gasteiger partial charge in [0.15, 0.2) is 5.82 Å². The number of methoxy groups -OCH3 is 1. The Kier molecular flexibility index (Phi) is 5.04. The summed E-state index contributed by atoms with van der Waals surface area (Å²) in [7, 11) is -2.30. The molecule has 0 aliphatic rings. The highest BCUT2D eigenvalue weighted by molar-refractivity contribution is 7.92. The summed E-state index contributed by atoms with van der Waals surface area (Å²) in [6, 6.07) is 14.9. The third kappa shape index (κ3) is 4.09. The number of halogens is 1. The van der Waals surface area contributed by atoms with E-state index >= 15 is 0 Å². The molecular weight excluding hydrogens is 357 g/mol. The zero-order valence-electron chi connectivity index (χ0n) is 13.8. The van der Waals surface area contributed by atoms with Gasteiger partial charge in [-0.3, -0.25) is 4.72 Å². The number of hydrogen-bond acceptors (Lipinski definition) is 5. The average Bonchev–Trinajstić information content (AvgIpc) is 2.65. The largest absolute Gasteiger partial charge is 0.497 e. The predicted molar refractivity (Wildman–Crippen MR) is 97.7 cm³/mol. The van der Waals surface area contributed by atoms with Gasteiger partial charge in [0, 0.05) is 11.9 Å². The van der Waals surface area contributed by atoms with Crippen LogP contribution in [0.15, 0.2) is 71.8 Å². The lowest BCUT2D eigenvalue weighted by Crippen LogP contribution is -2.14. The number of aromatic nitrogens is 1. The molecule has 2 aromatic carbocycles. The third-order valence-corrected chi connectivity index (χ3v) is 4.91. The number of anilines is 3. The topological polar surface area (TPSA) is 80.3 Å². The monoisotopic (exact) mass is 373 g/mol. The normalized spacial score (nSPS) is 11.0. The number of nitrogens with one attached hydrogen (secondary N) is 2. The van der Waals surface area contributed by atoms with Gasteiger partial charge in [-0.05, 0) is 60.7 Å². The van der Waals surface area contributed by atoms with Gasteiger partial charge in [0.2, 0.25) is 0 Å². The lowest BCUT2D eigenvalue weighted by Gasteiger charge is -2.13. The van der Waals surface area contributed by atoms with Crippen LogP contribution in [-0.4, -0.2) is 20.5 Å². The molecule has 0 atom stereocenters. The molecule has 0 bridgehead atoms. The molecule has 0 unspecified atom stereocenters. The van der Waals surface area contributed by atoms with Crippen molar-refractivity contribution in [3.8, 4) is 5.75 Å². The van der Waals surface area contributed by atoms with Crippen molar-refractivity contribution in [2.24, 2.45) is 0 Å². The Hall–Kier alpha value is -3.13. The summed E-state index contributed by atoms with van der Waals surface area (Å²) in [6.45, 7) is 0. The highest BCUT2D eigenvalue weighted by Gasteiger charge is 2.16. The van der Waals surface area contributed by atoms with Gasteiger partial charge in [-0.2, -0.15) is 0 Å². The number of sulfonamides is 1. The Morgan fingerprint density at radius 2 is 1.69 bits per heavy atom. The molecule has 2 N–H and O–H groups in total. The highest BCUT2D eigenvalue weighted by Crippen LogP contribution is 2.26. The minimum absolute atomic E-state index is 0.0925. The van der Waals surface area contributed by atoms with Crippen LogP contribution >= 0.6 is 0 Å². The fraction of sp³-hybridized carbons (Fsp3) is 0.0556. The summed E-state index contributed by atoms with van der Waals surface area (Å²) in [6.07, 6.45) is 1.52. The molecule has 0 amide bonds. The van der Waals surface area contributed by atoms with E-state index in [1.54, 1.807) is 24.3 Å². The zero-order chi connectivity index (χ0) is 18.6. The van der Waals surface area contributed by atoms with Gasteiger partial charge in [0.25, 0.3) is 10.0 Å². The van der Waals surface area contributed by atoms with Crippen LogP contribution in [0.3, 0.4) is 0 Å². The molecule has 0 aliphatic heterocycles. The quantitative estimate of drug-likeness (QED) is 0.687. The fourth-order valence-corrected chi connectivity index (χ4v) is 3.28.